The van der Waals surface area contributed by atoms with Crippen molar-refractivity contribution in [3.8, 4) is 28.7 Å². The summed E-state index contributed by atoms with van der Waals surface area (Å²) >= 11 is 0. The van der Waals surface area contributed by atoms with Crippen molar-refractivity contribution in [2.45, 2.75) is 0 Å². The number of aromatic carboxylic acids is 1. The van der Waals surface area contributed by atoms with Crippen LogP contribution in [0.2, 0.25) is 0 Å². The van der Waals surface area contributed by atoms with Gasteiger partial charge in [-0.3, -0.25) is 0 Å². The van der Waals surface area contributed by atoms with Crippen LogP contribution in [-0.4, -0.2) is 42.5 Å². The van der Waals surface area contributed by atoms with Crippen molar-refractivity contribution < 1.29 is 28.6 Å². The Labute approximate surface area is 113 Å². The van der Waals surface area contributed by atoms with Crippen molar-refractivity contribution in [2.75, 3.05) is 21.3 Å². The van der Waals surface area contributed by atoms with Crippen molar-refractivity contribution >= 4 is 5.97 Å². The molecular weight excluding hydrogens is 268 g/mol. The lowest BCUT2D eigenvalue weighted by Gasteiger charge is -2.11. The van der Waals surface area contributed by atoms with E-state index in [1.807, 2.05) is 0 Å². The molecule has 8 heteroatoms. The van der Waals surface area contributed by atoms with Crippen LogP contribution < -0.4 is 14.2 Å². The quantitative estimate of drug-likeness (QED) is 0.877. The molecule has 0 fully saturated rings. The van der Waals surface area contributed by atoms with E-state index in [9.17, 15) is 4.79 Å². The highest BCUT2D eigenvalue weighted by Crippen LogP contribution is 2.39. The molecule has 1 aromatic carbocycles. The van der Waals surface area contributed by atoms with Crippen LogP contribution in [0.1, 0.15) is 10.6 Å². The summed E-state index contributed by atoms with van der Waals surface area (Å²) in [7, 11) is 4.43. The number of carboxylic acid groups (broad SMARTS) is 1. The molecule has 1 N–H and O–H groups in total. The lowest BCUT2D eigenvalue weighted by molar-refractivity contribution is 0.0680. The minimum Gasteiger partial charge on any atom is -0.496 e. The number of ether oxygens (including phenoxy) is 3. The highest BCUT2D eigenvalue weighted by Gasteiger charge is 2.20. The summed E-state index contributed by atoms with van der Waals surface area (Å²) in [6.45, 7) is 0. The van der Waals surface area contributed by atoms with Gasteiger partial charge in [-0.25, -0.2) is 4.79 Å². The molecule has 0 spiro atoms. The van der Waals surface area contributed by atoms with Gasteiger partial charge in [0.1, 0.15) is 5.75 Å². The lowest BCUT2D eigenvalue weighted by atomic mass is 10.1. The van der Waals surface area contributed by atoms with E-state index in [0.29, 0.717) is 22.8 Å². The average molecular weight is 280 g/mol. The summed E-state index contributed by atoms with van der Waals surface area (Å²) in [5.74, 6) is -0.413. The summed E-state index contributed by atoms with van der Waals surface area (Å²) in [5.41, 5.74) is 0.408. The number of aromatic nitrogens is 2. The maximum Gasteiger partial charge on any atom is 0.377 e. The smallest absolute Gasteiger partial charge is 0.377 e. The second-order valence-electron chi connectivity index (χ2n) is 3.64. The Bertz CT molecular complexity index is 637. The minimum atomic E-state index is -1.28. The van der Waals surface area contributed by atoms with Crippen molar-refractivity contribution in [2.24, 2.45) is 0 Å². The van der Waals surface area contributed by atoms with Gasteiger partial charge in [-0.1, -0.05) is 0 Å². The Morgan fingerprint density at radius 2 is 1.70 bits per heavy atom. The molecule has 20 heavy (non-hydrogen) atoms. The van der Waals surface area contributed by atoms with Gasteiger partial charge < -0.3 is 23.8 Å². The monoisotopic (exact) mass is 280 g/mol. The van der Waals surface area contributed by atoms with E-state index >= 15 is 0 Å². The topological polar surface area (TPSA) is 104 Å². The molecular formula is C12H12N2O6. The highest BCUT2D eigenvalue weighted by molar-refractivity contribution is 5.83. The van der Waals surface area contributed by atoms with Crippen LogP contribution in [0.25, 0.3) is 11.5 Å². The Hall–Kier alpha value is -2.77. The fourth-order valence-electron chi connectivity index (χ4n) is 1.62. The molecule has 0 atom stereocenters. The van der Waals surface area contributed by atoms with Gasteiger partial charge in [-0.05, 0) is 5.16 Å². The molecule has 0 radical (unpaired) electrons. The number of hydrogen-bond donors (Lipinski definition) is 1. The van der Waals surface area contributed by atoms with E-state index in [-0.39, 0.29) is 5.89 Å². The zero-order valence-corrected chi connectivity index (χ0v) is 11.0. The largest absolute Gasteiger partial charge is 0.496 e. The minimum absolute atomic E-state index is 0.0141. The molecule has 0 bridgehead atoms. The third kappa shape index (κ3) is 2.35. The Morgan fingerprint density at radius 1 is 1.10 bits per heavy atom. The van der Waals surface area contributed by atoms with Crippen molar-refractivity contribution in [3.05, 3.63) is 18.0 Å². The molecule has 0 aliphatic rings. The molecule has 1 heterocycles. The number of methoxy groups -OCH3 is 3. The molecule has 0 aliphatic carbocycles. The molecule has 0 saturated carbocycles. The summed E-state index contributed by atoms with van der Waals surface area (Å²) in [4.78, 5) is 14.5. The van der Waals surface area contributed by atoms with Crippen molar-refractivity contribution in [1.82, 2.24) is 10.1 Å². The number of benzene rings is 1. The third-order valence-electron chi connectivity index (χ3n) is 2.55. The standard InChI is InChI=1S/C12H12N2O6/c1-17-7-5-9(19-3)8(18-2)4-6(7)11-13-10(12(15)16)14-20-11/h4-5H,1-3H3,(H,15,16). The number of nitrogens with zero attached hydrogens (tertiary/aromatic N) is 2. The third-order valence-corrected chi connectivity index (χ3v) is 2.55. The lowest BCUT2D eigenvalue weighted by Crippen LogP contribution is -1.98. The van der Waals surface area contributed by atoms with Crippen LogP contribution in [0, 0.1) is 0 Å². The summed E-state index contributed by atoms with van der Waals surface area (Å²) in [6.07, 6.45) is 0. The summed E-state index contributed by atoms with van der Waals surface area (Å²) in [5, 5.41) is 12.1. The molecule has 2 rings (SSSR count). The SMILES string of the molecule is COc1cc(OC)c(-c2nc(C(=O)O)no2)cc1OC. The maximum atomic E-state index is 10.8. The number of hydrogen-bond acceptors (Lipinski definition) is 7. The summed E-state index contributed by atoms with van der Waals surface area (Å²) in [6, 6.07) is 3.15. The number of carbonyl (C=O) groups is 1. The first-order chi connectivity index (χ1) is 9.60. The van der Waals surface area contributed by atoms with E-state index in [4.69, 9.17) is 23.8 Å². The van der Waals surface area contributed by atoms with E-state index in [2.05, 4.69) is 10.1 Å². The van der Waals surface area contributed by atoms with Crippen LogP contribution in [0.4, 0.5) is 0 Å². The van der Waals surface area contributed by atoms with Gasteiger partial charge >= 0.3 is 5.97 Å². The van der Waals surface area contributed by atoms with Gasteiger partial charge in [-0.2, -0.15) is 4.98 Å². The van der Waals surface area contributed by atoms with E-state index in [1.54, 1.807) is 12.1 Å². The predicted molar refractivity (Wildman–Crippen MR) is 66.3 cm³/mol. The zero-order valence-electron chi connectivity index (χ0n) is 11.0. The molecule has 106 valence electrons. The molecule has 0 saturated heterocycles. The van der Waals surface area contributed by atoms with Gasteiger partial charge in [0.25, 0.3) is 11.7 Å². The van der Waals surface area contributed by atoms with Gasteiger partial charge in [0.15, 0.2) is 11.5 Å². The second-order valence-corrected chi connectivity index (χ2v) is 3.64. The predicted octanol–water partition coefficient (Wildman–Crippen LogP) is 1.46. The number of carboxylic acids is 1. The molecule has 8 nitrogen and oxygen atoms in total. The molecule has 1 aromatic heterocycles. The van der Waals surface area contributed by atoms with E-state index in [1.165, 1.54) is 21.3 Å². The van der Waals surface area contributed by atoms with E-state index in [0.717, 1.165) is 0 Å². The van der Waals surface area contributed by atoms with Crippen molar-refractivity contribution in [1.29, 1.82) is 0 Å². The molecule has 0 unspecified atom stereocenters. The van der Waals surface area contributed by atoms with Crippen molar-refractivity contribution in [3.63, 3.8) is 0 Å². The fourth-order valence-corrected chi connectivity index (χ4v) is 1.62. The van der Waals surface area contributed by atoms with Crippen LogP contribution >= 0.6 is 0 Å². The molecule has 2 aromatic rings. The highest BCUT2D eigenvalue weighted by atomic mass is 16.5. The molecule has 0 amide bonds. The zero-order chi connectivity index (χ0) is 14.7. The fraction of sp³-hybridized carbons (Fsp3) is 0.250. The van der Waals surface area contributed by atoms with Crippen LogP contribution in [0.15, 0.2) is 16.7 Å². The Kier molecular flexibility index (Phi) is 3.74. The van der Waals surface area contributed by atoms with Crippen LogP contribution in [0.3, 0.4) is 0 Å². The van der Waals surface area contributed by atoms with Crippen LogP contribution in [-0.2, 0) is 0 Å². The van der Waals surface area contributed by atoms with Gasteiger partial charge in [0, 0.05) is 12.1 Å². The normalized spacial score (nSPS) is 10.2. The first kappa shape index (κ1) is 13.7. The second kappa shape index (κ2) is 5.47. The number of rotatable bonds is 5. The van der Waals surface area contributed by atoms with E-state index < -0.39 is 11.8 Å². The van der Waals surface area contributed by atoms with Gasteiger partial charge in [0.05, 0.1) is 26.9 Å². The Morgan fingerprint density at radius 3 is 2.20 bits per heavy atom. The average Bonchev–Trinajstić information content (AvgIpc) is 2.95. The Balaban J connectivity index is 2.56. The van der Waals surface area contributed by atoms with Gasteiger partial charge in [0.2, 0.25) is 0 Å². The first-order valence-electron chi connectivity index (χ1n) is 5.48. The van der Waals surface area contributed by atoms with Crippen LogP contribution in [0.5, 0.6) is 17.2 Å². The summed E-state index contributed by atoms with van der Waals surface area (Å²) < 4.78 is 20.4. The first-order valence-corrected chi connectivity index (χ1v) is 5.48. The molecule has 0 aliphatic heterocycles. The maximum absolute atomic E-state index is 10.8. The van der Waals surface area contributed by atoms with Gasteiger partial charge in [-0.15, -0.1) is 0 Å².